The monoisotopic (exact) mass is 1100 g/mol. The summed E-state index contributed by atoms with van der Waals surface area (Å²) in [6.07, 6.45) is 7.08. The number of aldehydes is 2. The van der Waals surface area contributed by atoms with Crippen LogP contribution in [0.5, 0.6) is 0 Å². The number of terminal acetylenes is 1. The minimum atomic E-state index is 0.602. The van der Waals surface area contributed by atoms with E-state index in [9.17, 15) is 9.59 Å². The van der Waals surface area contributed by atoms with E-state index in [1.807, 2.05) is 158 Å². The summed E-state index contributed by atoms with van der Waals surface area (Å²) in [7, 11) is 0. The quantitative estimate of drug-likeness (QED) is 0.0995. The van der Waals surface area contributed by atoms with E-state index in [0.29, 0.717) is 16.7 Å². The maximum absolute atomic E-state index is 11.0. The van der Waals surface area contributed by atoms with E-state index in [1.54, 1.807) is 30.3 Å². The molecule has 0 atom stereocenters. The third-order valence-corrected chi connectivity index (χ3v) is 13.0. The van der Waals surface area contributed by atoms with Crippen molar-refractivity contribution in [3.63, 3.8) is 0 Å². The van der Waals surface area contributed by atoms with Crippen molar-refractivity contribution in [3.05, 3.63) is 299 Å². The molecule has 0 radical (unpaired) electrons. The van der Waals surface area contributed by atoms with Gasteiger partial charge in [-0.1, -0.05) is 155 Å². The highest BCUT2D eigenvalue weighted by molar-refractivity contribution is 9.10. The molecule has 0 unspecified atom stereocenters. The fraction of sp³-hybridized carbons (Fsp3) is 0.0139. The van der Waals surface area contributed by atoms with E-state index in [-0.39, 0.29) is 0 Å². The van der Waals surface area contributed by atoms with Crippen LogP contribution in [0, 0.1) is 35.5 Å². The molecule has 0 spiro atoms. The maximum atomic E-state index is 11.0. The number of fused-ring (bicyclic) bond motifs is 2. The second-order valence-electron chi connectivity index (χ2n) is 17.9. The molecule has 0 amide bonds. The Morgan fingerprint density at radius 2 is 0.725 bits per heavy atom. The first kappa shape index (κ1) is 54.1. The number of hydrogen-bond donors (Lipinski definition) is 0. The number of hydrogen-bond acceptors (Lipinski definition) is 7. The molecular formula is C72H50BrN3O4. The molecule has 8 heteroatoms. The van der Waals surface area contributed by atoms with Crippen LogP contribution < -0.4 is 9.80 Å². The number of furan rings is 2. The number of para-hydroxylation sites is 4. The van der Waals surface area contributed by atoms with Crippen LogP contribution in [0.1, 0.15) is 44.3 Å². The van der Waals surface area contributed by atoms with E-state index < -0.39 is 0 Å². The van der Waals surface area contributed by atoms with Gasteiger partial charge in [0.2, 0.25) is 0 Å². The molecule has 2 aromatic heterocycles. The normalized spacial score (nSPS) is 10.1. The first-order valence-electron chi connectivity index (χ1n) is 25.5. The van der Waals surface area contributed by atoms with E-state index in [2.05, 4.69) is 128 Å². The van der Waals surface area contributed by atoms with Crippen molar-refractivity contribution in [1.29, 1.82) is 5.26 Å². The van der Waals surface area contributed by atoms with Crippen molar-refractivity contribution in [2.24, 2.45) is 0 Å². The highest BCUT2D eigenvalue weighted by Crippen LogP contribution is 2.36. The van der Waals surface area contributed by atoms with Gasteiger partial charge in [0.25, 0.3) is 0 Å². The Morgan fingerprint density at radius 1 is 0.412 bits per heavy atom. The van der Waals surface area contributed by atoms with Crippen LogP contribution in [0.2, 0.25) is 0 Å². The van der Waals surface area contributed by atoms with Gasteiger partial charge in [0.05, 0.1) is 6.07 Å². The van der Waals surface area contributed by atoms with Crippen LogP contribution in [0.15, 0.2) is 280 Å². The molecule has 7 nitrogen and oxygen atoms in total. The highest BCUT2D eigenvalue weighted by atomic mass is 79.9. The smallest absolute Gasteiger partial charge is 0.150 e. The van der Waals surface area contributed by atoms with Crippen LogP contribution in [-0.2, 0) is 0 Å². The Balaban J connectivity index is 0.000000155. The number of carbonyl (C=O) groups is 2. The van der Waals surface area contributed by atoms with Crippen LogP contribution in [0.3, 0.4) is 0 Å². The Labute approximate surface area is 474 Å². The molecule has 0 bridgehead atoms. The van der Waals surface area contributed by atoms with Crippen LogP contribution >= 0.6 is 15.9 Å². The van der Waals surface area contributed by atoms with E-state index >= 15 is 0 Å². The fourth-order valence-electron chi connectivity index (χ4n) is 8.61. The van der Waals surface area contributed by atoms with Gasteiger partial charge in [0.1, 0.15) is 35.3 Å². The summed E-state index contributed by atoms with van der Waals surface area (Å²) in [6.45, 7) is 1.43. The summed E-state index contributed by atoms with van der Waals surface area (Å²) in [4.78, 5) is 26.2. The Hall–Kier alpha value is -10.7. The average Bonchev–Trinajstić information content (AvgIpc) is 4.24. The maximum Gasteiger partial charge on any atom is 0.150 e. The number of rotatable bonds is 10. The first-order valence-corrected chi connectivity index (χ1v) is 26.3. The van der Waals surface area contributed by atoms with Crippen LogP contribution in [-0.4, -0.2) is 12.6 Å². The lowest BCUT2D eigenvalue weighted by Crippen LogP contribution is -2.09. The van der Waals surface area contributed by atoms with Crippen molar-refractivity contribution in [3.8, 4) is 52.9 Å². The van der Waals surface area contributed by atoms with E-state index in [0.717, 1.165) is 107 Å². The van der Waals surface area contributed by atoms with Gasteiger partial charge < -0.3 is 18.6 Å². The van der Waals surface area contributed by atoms with E-state index in [1.165, 1.54) is 6.92 Å². The second-order valence-corrected chi connectivity index (χ2v) is 18.8. The molecule has 10 aromatic carbocycles. The molecule has 12 rings (SSSR count). The van der Waals surface area contributed by atoms with Crippen LogP contribution in [0.25, 0.3) is 44.6 Å². The summed E-state index contributed by atoms with van der Waals surface area (Å²) >= 11 is 3.40. The van der Waals surface area contributed by atoms with Gasteiger partial charge in [-0.05, 0) is 146 Å². The molecule has 0 N–H and O–H groups in total. The van der Waals surface area contributed by atoms with Crippen molar-refractivity contribution in [2.75, 3.05) is 9.80 Å². The lowest BCUT2D eigenvalue weighted by molar-refractivity contribution is 0.111. The first-order chi connectivity index (χ1) is 39.3. The third-order valence-electron chi connectivity index (χ3n) is 12.5. The minimum Gasteiger partial charge on any atom is -0.456 e. The summed E-state index contributed by atoms with van der Waals surface area (Å²) in [5.41, 5.74) is 14.0. The van der Waals surface area contributed by atoms with Crippen molar-refractivity contribution >= 4 is 84.6 Å². The minimum absolute atomic E-state index is 0.602. The largest absolute Gasteiger partial charge is 0.456 e. The van der Waals surface area contributed by atoms with Crippen molar-refractivity contribution in [2.45, 2.75) is 6.92 Å². The number of carbonyl (C=O) groups excluding carboxylic acids is 2. The summed E-state index contributed by atoms with van der Waals surface area (Å²) in [5.74, 6) is 10.8. The molecular weight excluding hydrogens is 1050 g/mol. The average molecular weight is 1100 g/mol. The predicted molar refractivity (Wildman–Crippen MR) is 329 cm³/mol. The second kappa shape index (κ2) is 26.9. The SMILES string of the molecule is C#Cc1ccc(N(c2ccccc2)c2ccccc2)cc1.CC#N.O=Cc1ccc2cc(-c3ccc(Br)cc3)oc2c1.O=Cc1ccc2cc(-c3ccc(C#Cc4ccc(N(c5ccccc5)c5ccccc5)cc4)cc3)oc2c1. The molecule has 384 valence electrons. The topological polar surface area (TPSA) is 90.7 Å². The van der Waals surface area contributed by atoms with Gasteiger partial charge in [-0.2, -0.15) is 5.26 Å². The number of nitriles is 1. The van der Waals surface area contributed by atoms with Gasteiger partial charge in [0, 0.05) is 95.2 Å². The zero-order chi connectivity index (χ0) is 55.5. The van der Waals surface area contributed by atoms with Crippen molar-refractivity contribution in [1.82, 2.24) is 0 Å². The summed E-state index contributed by atoms with van der Waals surface area (Å²) < 4.78 is 12.8. The molecule has 0 saturated carbocycles. The predicted octanol–water partition coefficient (Wildman–Crippen LogP) is 19.1. The lowest BCUT2D eigenvalue weighted by Gasteiger charge is -2.25. The Kier molecular flexibility index (Phi) is 18.2. The van der Waals surface area contributed by atoms with Gasteiger partial charge in [0.15, 0.2) is 0 Å². The third kappa shape index (κ3) is 13.8. The lowest BCUT2D eigenvalue weighted by atomic mass is 10.1. The molecule has 0 saturated heterocycles. The van der Waals surface area contributed by atoms with Crippen LogP contribution in [0.4, 0.5) is 34.1 Å². The zero-order valence-corrected chi connectivity index (χ0v) is 45.1. The number of nitrogens with zero attached hydrogens (tertiary/aromatic N) is 3. The highest BCUT2D eigenvalue weighted by Gasteiger charge is 2.14. The zero-order valence-electron chi connectivity index (χ0n) is 43.5. The molecule has 2 heterocycles. The molecule has 80 heavy (non-hydrogen) atoms. The van der Waals surface area contributed by atoms with Crippen molar-refractivity contribution < 1.29 is 18.4 Å². The molecule has 0 aliphatic carbocycles. The summed E-state index contributed by atoms with van der Waals surface area (Å²) in [6, 6.07) is 90.2. The fourth-order valence-corrected chi connectivity index (χ4v) is 8.87. The molecule has 0 aliphatic heterocycles. The standard InChI is InChI=1S/C35H23NO2.C20H15N.C15H9BrO2.C2H3N/c37-25-28-15-20-30-24-35(38-34(30)23-28)29-18-13-26(14-19-29)11-12-27-16-21-33(22-17-27)36(31-7-3-1-4-8-31)32-9-5-2-6-10-32;1-2-17-13-15-20(16-14-17)21(18-9-5-3-6-10-18)19-11-7-4-8-12-19;16-13-5-3-11(4-6-13)15-8-12-2-1-10(9-17)7-14(12)18-15;1-2-3/h1-10,13-25H;1,3-16H;1-9H;1H3. The number of benzene rings is 10. The van der Waals surface area contributed by atoms with E-state index in [4.69, 9.17) is 20.5 Å². The molecule has 0 fully saturated rings. The van der Waals surface area contributed by atoms with Gasteiger partial charge >= 0.3 is 0 Å². The Morgan fingerprint density at radius 3 is 1.06 bits per heavy atom. The molecule has 12 aromatic rings. The van der Waals surface area contributed by atoms with Gasteiger partial charge in [-0.25, -0.2) is 0 Å². The van der Waals surface area contributed by atoms with Gasteiger partial charge in [-0.15, -0.1) is 6.42 Å². The molecule has 0 aliphatic rings. The number of halogens is 1. The summed E-state index contributed by atoms with van der Waals surface area (Å²) in [5, 5.41) is 9.29. The van der Waals surface area contributed by atoms with Gasteiger partial charge in [-0.3, -0.25) is 9.59 Å². The number of anilines is 6. The Bertz CT molecular complexity index is 4040.